The largest absolute Gasteiger partial charge is 0 e. The Balaban J connectivity index is -0.000000000833. The SMILES string of the molecule is [Ca+2].[H-].[H-].[O]=[Mn].[Pr]. The Hall–Kier alpha value is 2.94. The van der Waals surface area contributed by atoms with Gasteiger partial charge in [0, 0.05) is 41.3 Å². The first-order valence-corrected chi connectivity index (χ1v) is 0.636. The summed E-state index contributed by atoms with van der Waals surface area (Å²) in [7, 11) is 0. The van der Waals surface area contributed by atoms with Crippen molar-refractivity contribution in [1.82, 2.24) is 0 Å². The van der Waals surface area contributed by atoms with E-state index >= 15 is 0 Å². The van der Waals surface area contributed by atoms with Crippen molar-refractivity contribution in [2.24, 2.45) is 0 Å². The zero-order valence-electron chi connectivity index (χ0n) is 4.07. The molecule has 0 aliphatic carbocycles. The van der Waals surface area contributed by atoms with Crippen LogP contribution in [-0.2, 0) is 19.8 Å². The summed E-state index contributed by atoms with van der Waals surface area (Å²) >= 11 is 1.69. The molecule has 0 aromatic rings. The normalized spacial score (nSPS) is 1.00. The molecule has 0 saturated heterocycles. The first-order valence-electron chi connectivity index (χ1n) is 0.154. The van der Waals surface area contributed by atoms with Gasteiger partial charge in [-0.15, -0.1) is 0 Å². The van der Waals surface area contributed by atoms with Gasteiger partial charge < -0.3 is 2.85 Å². The van der Waals surface area contributed by atoms with Crippen LogP contribution in [0.15, 0.2) is 0 Å². The van der Waals surface area contributed by atoms with E-state index in [4.69, 9.17) is 3.83 Å². The number of hydrogen-bond donors (Lipinski definition) is 0. The van der Waals surface area contributed by atoms with Gasteiger partial charge in [0.05, 0.1) is 0 Å². The van der Waals surface area contributed by atoms with E-state index in [0.29, 0.717) is 0 Å². The van der Waals surface area contributed by atoms with Crippen molar-refractivity contribution in [1.29, 1.82) is 0 Å². The molecule has 1 nitrogen and oxygen atoms in total. The van der Waals surface area contributed by atoms with E-state index in [1.807, 2.05) is 0 Å². The molecule has 0 aliphatic heterocycles. The fourth-order valence-electron chi connectivity index (χ4n) is 0. The summed E-state index contributed by atoms with van der Waals surface area (Å²) in [5.74, 6) is 0. The summed E-state index contributed by atoms with van der Waals surface area (Å²) in [6.07, 6.45) is 0. The summed E-state index contributed by atoms with van der Waals surface area (Å²) in [6.45, 7) is 0. The van der Waals surface area contributed by atoms with E-state index in [0.717, 1.165) is 0 Å². The zero-order chi connectivity index (χ0) is 2.00. The number of hydrogen-bond acceptors (Lipinski definition) is 1. The maximum atomic E-state index is 8.06. The molecular formula is H2CaMnOPr. The second-order valence-corrected chi connectivity index (χ2v) is 0. The van der Waals surface area contributed by atoms with E-state index in [1.165, 1.54) is 0 Å². The average Bonchev–Trinajstić information content (AvgIpc) is 1.00. The van der Waals surface area contributed by atoms with Crippen LogP contribution in [0.3, 0.4) is 0 Å². The first-order chi connectivity index (χ1) is 1.00. The van der Waals surface area contributed by atoms with Crippen LogP contribution in [0.25, 0.3) is 0 Å². The van der Waals surface area contributed by atoms with E-state index in [1.54, 1.807) is 15.9 Å². The molecular weight excluding hydrogens is 252 g/mol. The standard InChI is InChI=1S/Ca.Mn.O.Pr.2H/q+2;;;;2*-1. The van der Waals surface area contributed by atoms with Crippen molar-refractivity contribution in [3.05, 3.63) is 0 Å². The molecule has 0 heterocycles. The molecule has 0 spiro atoms. The molecule has 1 radical (unpaired) electrons. The predicted octanol–water partition coefficient (Wildman–Crippen LogP) is -0.277. The molecule has 0 aromatic carbocycles. The third-order valence-corrected chi connectivity index (χ3v) is 0. The molecule has 0 saturated carbocycles. The van der Waals surface area contributed by atoms with Gasteiger partial charge in [0.2, 0.25) is 0 Å². The van der Waals surface area contributed by atoms with Crippen LogP contribution in [0.4, 0.5) is 0 Å². The molecule has 0 atom stereocenters. The molecule has 0 amide bonds. The fourth-order valence-corrected chi connectivity index (χ4v) is 0. The molecule has 0 aliphatic rings. The molecule has 0 unspecified atom stereocenters. The Bertz CT molecular complexity index is 13.5. The van der Waals surface area contributed by atoms with Gasteiger partial charge in [0.1, 0.15) is 0 Å². The maximum Gasteiger partial charge on any atom is 0 e. The third kappa shape index (κ3) is 8.87. The minimum atomic E-state index is 0. The molecule has 0 aromatic heterocycles. The summed E-state index contributed by atoms with van der Waals surface area (Å²) in [5, 5.41) is 0. The van der Waals surface area contributed by atoms with Gasteiger partial charge in [-0.2, -0.15) is 0 Å². The fraction of sp³-hybridized carbons (Fsp3) is 0. The molecule has 0 bridgehead atoms. The summed E-state index contributed by atoms with van der Waals surface area (Å²) in [4.78, 5) is 0. The average molecular weight is 254 g/mol. The van der Waals surface area contributed by atoms with Crippen LogP contribution in [0.1, 0.15) is 2.85 Å². The van der Waals surface area contributed by atoms with Gasteiger partial charge in [-0.1, -0.05) is 0 Å². The Morgan fingerprint density at radius 2 is 1.50 bits per heavy atom. The van der Waals surface area contributed by atoms with E-state index in [-0.39, 0.29) is 81.9 Å². The molecule has 0 fully saturated rings. The van der Waals surface area contributed by atoms with E-state index in [9.17, 15) is 0 Å². The first kappa shape index (κ1) is 15.8. The third-order valence-electron chi connectivity index (χ3n) is 0. The second kappa shape index (κ2) is 16.8. The van der Waals surface area contributed by atoms with Gasteiger partial charge in [-0.25, -0.2) is 0 Å². The van der Waals surface area contributed by atoms with E-state index < -0.39 is 0 Å². The van der Waals surface area contributed by atoms with Crippen LogP contribution in [0.2, 0.25) is 0 Å². The smallest absolute Gasteiger partial charge is 0 e. The quantitative estimate of drug-likeness (QED) is 0.543. The van der Waals surface area contributed by atoms with Crippen molar-refractivity contribution in [3.8, 4) is 0 Å². The van der Waals surface area contributed by atoms with Crippen LogP contribution in [-0.4, -0.2) is 37.7 Å². The second-order valence-electron chi connectivity index (χ2n) is 0. The van der Waals surface area contributed by atoms with Crippen molar-refractivity contribution in [2.45, 2.75) is 0 Å². The van der Waals surface area contributed by atoms with Gasteiger partial charge in [0.25, 0.3) is 0 Å². The minimum absolute atomic E-state index is 0. The zero-order valence-corrected chi connectivity index (χ0v) is 9.16. The van der Waals surface area contributed by atoms with Crippen LogP contribution in [0.5, 0.6) is 0 Å². The van der Waals surface area contributed by atoms with Crippen molar-refractivity contribution >= 4 is 37.7 Å². The van der Waals surface area contributed by atoms with Gasteiger partial charge in [0.15, 0.2) is 0 Å². The molecule has 4 heavy (non-hydrogen) atoms. The van der Waals surface area contributed by atoms with Crippen molar-refractivity contribution in [2.75, 3.05) is 0 Å². The van der Waals surface area contributed by atoms with E-state index in [2.05, 4.69) is 0 Å². The van der Waals surface area contributed by atoms with Crippen LogP contribution in [0, 0.1) is 41.3 Å². The monoisotopic (exact) mass is 254 g/mol. The van der Waals surface area contributed by atoms with Crippen molar-refractivity contribution in [3.63, 3.8) is 0 Å². The molecule has 0 N–H and O–H groups in total. The van der Waals surface area contributed by atoms with Gasteiger partial charge >= 0.3 is 57.5 Å². The van der Waals surface area contributed by atoms with Crippen molar-refractivity contribution < 1.29 is 63.9 Å². The maximum absolute atomic E-state index is 8.06. The Morgan fingerprint density at radius 3 is 1.50 bits per heavy atom. The molecule has 20 valence electrons. The van der Waals surface area contributed by atoms with Crippen LogP contribution < -0.4 is 0 Å². The summed E-state index contributed by atoms with van der Waals surface area (Å²) in [5.41, 5.74) is 0. The predicted molar refractivity (Wildman–Crippen MR) is 8.66 cm³/mol. The van der Waals surface area contributed by atoms with Gasteiger partial charge in [-0.3, -0.25) is 0 Å². The topological polar surface area (TPSA) is 17.1 Å². The Labute approximate surface area is 99.2 Å². The van der Waals surface area contributed by atoms with Crippen LogP contribution >= 0.6 is 0 Å². The molecule has 0 rings (SSSR count). The minimum Gasteiger partial charge on any atom is 0 e. The Morgan fingerprint density at radius 1 is 1.50 bits per heavy atom. The molecule has 4 heteroatoms. The summed E-state index contributed by atoms with van der Waals surface area (Å²) < 4.78 is 8.06. The number of rotatable bonds is 0. The van der Waals surface area contributed by atoms with Gasteiger partial charge in [-0.05, 0) is 0 Å². The summed E-state index contributed by atoms with van der Waals surface area (Å²) in [6, 6.07) is 0. The Kier molecular flexibility index (Phi) is 66.1.